The van der Waals surface area contributed by atoms with Crippen LogP contribution in [0, 0.1) is 12.7 Å². The predicted octanol–water partition coefficient (Wildman–Crippen LogP) is 4.69. The summed E-state index contributed by atoms with van der Waals surface area (Å²) in [5, 5.41) is 0. The zero-order chi connectivity index (χ0) is 21.3. The minimum Gasteiger partial charge on any atom is -0.493 e. The van der Waals surface area contributed by atoms with Crippen molar-refractivity contribution < 1.29 is 23.4 Å². The number of β-lactam (4-membered cyclic amide) rings is 1. The van der Waals surface area contributed by atoms with Crippen LogP contribution in [-0.2, 0) is 4.79 Å². The lowest BCUT2D eigenvalue weighted by atomic mass is 9.89. The number of hydrogen-bond acceptors (Lipinski definition) is 4. The summed E-state index contributed by atoms with van der Waals surface area (Å²) in [6.07, 6.45) is -0.714. The van der Waals surface area contributed by atoms with Crippen molar-refractivity contribution in [1.29, 1.82) is 0 Å². The third-order valence-corrected chi connectivity index (χ3v) is 5.25. The third kappa shape index (κ3) is 3.45. The lowest BCUT2D eigenvalue weighted by Crippen LogP contribution is -2.61. The predicted molar refractivity (Wildman–Crippen MR) is 112 cm³/mol. The second kappa shape index (κ2) is 8.06. The van der Waals surface area contributed by atoms with E-state index in [0.717, 1.165) is 11.1 Å². The first-order valence-electron chi connectivity index (χ1n) is 9.56. The van der Waals surface area contributed by atoms with Crippen molar-refractivity contribution >= 4 is 11.6 Å². The second-order valence-corrected chi connectivity index (χ2v) is 7.05. The average Bonchev–Trinajstić information content (AvgIpc) is 2.77. The van der Waals surface area contributed by atoms with E-state index in [0.29, 0.717) is 22.9 Å². The number of ether oxygens (including phenoxy) is 3. The van der Waals surface area contributed by atoms with E-state index in [-0.39, 0.29) is 11.7 Å². The van der Waals surface area contributed by atoms with Gasteiger partial charge in [-0.25, -0.2) is 4.39 Å². The van der Waals surface area contributed by atoms with E-state index >= 15 is 0 Å². The zero-order valence-corrected chi connectivity index (χ0v) is 17.0. The normalized spacial score (nSPS) is 18.0. The lowest BCUT2D eigenvalue weighted by molar-refractivity contribution is -0.135. The molecule has 1 amide bonds. The minimum atomic E-state index is -0.714. The largest absolute Gasteiger partial charge is 0.493 e. The number of carbonyl (C=O) groups excluding carboxylic acids is 1. The molecule has 1 saturated heterocycles. The summed E-state index contributed by atoms with van der Waals surface area (Å²) in [5.74, 6) is 1.26. The Morgan fingerprint density at radius 3 is 2.23 bits per heavy atom. The van der Waals surface area contributed by atoms with Gasteiger partial charge in [0.1, 0.15) is 17.6 Å². The molecule has 1 heterocycles. The maximum absolute atomic E-state index is 13.4. The molecule has 0 unspecified atom stereocenters. The van der Waals surface area contributed by atoms with Crippen LogP contribution >= 0.6 is 0 Å². The first kappa shape index (κ1) is 19.8. The first-order valence-corrected chi connectivity index (χ1v) is 9.56. The Bertz CT molecular complexity index is 1070. The summed E-state index contributed by atoms with van der Waals surface area (Å²) in [7, 11) is 3.13. The van der Waals surface area contributed by atoms with Crippen LogP contribution in [-0.4, -0.2) is 26.2 Å². The Labute approximate surface area is 174 Å². The molecule has 3 aromatic rings. The van der Waals surface area contributed by atoms with Crippen LogP contribution in [0.15, 0.2) is 66.7 Å². The number of para-hydroxylation sites is 1. The van der Waals surface area contributed by atoms with Crippen molar-refractivity contribution in [2.45, 2.75) is 19.1 Å². The molecule has 5 nitrogen and oxygen atoms in total. The van der Waals surface area contributed by atoms with Crippen molar-refractivity contribution in [2.75, 3.05) is 19.1 Å². The molecule has 1 fully saturated rings. The fourth-order valence-electron chi connectivity index (χ4n) is 3.65. The van der Waals surface area contributed by atoms with E-state index in [4.69, 9.17) is 14.2 Å². The van der Waals surface area contributed by atoms with Crippen molar-refractivity contribution in [3.05, 3.63) is 83.7 Å². The van der Waals surface area contributed by atoms with E-state index in [2.05, 4.69) is 0 Å². The molecule has 0 aliphatic carbocycles. The van der Waals surface area contributed by atoms with Gasteiger partial charge < -0.3 is 14.2 Å². The third-order valence-electron chi connectivity index (χ3n) is 5.25. The van der Waals surface area contributed by atoms with Gasteiger partial charge in [-0.3, -0.25) is 9.69 Å². The SMILES string of the molecule is COc1ccc([C@@H]2[C@@H](Oc3ccccc3C)C(=O)N2c2ccc(F)cc2)cc1OC. The number of nitrogens with zero attached hydrogens (tertiary/aromatic N) is 1. The second-order valence-electron chi connectivity index (χ2n) is 7.05. The molecule has 6 heteroatoms. The molecule has 0 saturated carbocycles. The van der Waals surface area contributed by atoms with Gasteiger partial charge in [-0.15, -0.1) is 0 Å². The standard InChI is InChI=1S/C24H22FNO4/c1-15-6-4-5-7-19(15)30-23-22(16-8-13-20(28-2)21(14-16)29-3)26(24(23)27)18-11-9-17(25)10-12-18/h4-14,22-23H,1-3H3/t22-,23-/m1/s1. The van der Waals surface area contributed by atoms with Crippen LogP contribution in [0.4, 0.5) is 10.1 Å². The van der Waals surface area contributed by atoms with E-state index < -0.39 is 12.1 Å². The number of anilines is 1. The summed E-state index contributed by atoms with van der Waals surface area (Å²) in [6, 6.07) is 18.5. The maximum Gasteiger partial charge on any atom is 0.271 e. The summed E-state index contributed by atoms with van der Waals surface area (Å²) < 4.78 is 30.3. The Morgan fingerprint density at radius 1 is 0.867 bits per heavy atom. The Morgan fingerprint density at radius 2 is 1.57 bits per heavy atom. The number of hydrogen-bond donors (Lipinski definition) is 0. The molecule has 0 radical (unpaired) electrons. The van der Waals surface area contributed by atoms with Gasteiger partial charge in [0.25, 0.3) is 5.91 Å². The van der Waals surface area contributed by atoms with Gasteiger partial charge in [0.15, 0.2) is 11.5 Å². The molecule has 30 heavy (non-hydrogen) atoms. The van der Waals surface area contributed by atoms with Gasteiger partial charge in [0.05, 0.1) is 14.2 Å². The topological polar surface area (TPSA) is 48.0 Å². The molecule has 0 bridgehead atoms. The quantitative estimate of drug-likeness (QED) is 0.557. The summed E-state index contributed by atoms with van der Waals surface area (Å²) in [6.45, 7) is 1.93. The van der Waals surface area contributed by atoms with Gasteiger partial charge in [-0.05, 0) is 60.5 Å². The summed E-state index contributed by atoms with van der Waals surface area (Å²) in [4.78, 5) is 14.7. The minimum absolute atomic E-state index is 0.190. The molecule has 0 spiro atoms. The van der Waals surface area contributed by atoms with E-state index in [9.17, 15) is 9.18 Å². The van der Waals surface area contributed by atoms with Crippen molar-refractivity contribution in [2.24, 2.45) is 0 Å². The first-order chi connectivity index (χ1) is 14.5. The molecular weight excluding hydrogens is 385 g/mol. The zero-order valence-electron chi connectivity index (χ0n) is 17.0. The van der Waals surface area contributed by atoms with Crippen LogP contribution in [0.5, 0.6) is 17.2 Å². The molecule has 4 rings (SSSR count). The molecule has 154 valence electrons. The molecule has 2 atom stereocenters. The van der Waals surface area contributed by atoms with Crippen LogP contribution < -0.4 is 19.1 Å². The highest BCUT2D eigenvalue weighted by Crippen LogP contribution is 2.43. The van der Waals surface area contributed by atoms with Crippen molar-refractivity contribution in [3.63, 3.8) is 0 Å². The summed E-state index contributed by atoms with van der Waals surface area (Å²) in [5.41, 5.74) is 2.37. The van der Waals surface area contributed by atoms with Gasteiger partial charge in [0, 0.05) is 5.69 Å². The molecule has 1 aliphatic rings. The van der Waals surface area contributed by atoms with Gasteiger partial charge >= 0.3 is 0 Å². The number of aryl methyl sites for hydroxylation is 1. The van der Waals surface area contributed by atoms with E-state index in [1.165, 1.54) is 12.1 Å². The van der Waals surface area contributed by atoms with Crippen molar-refractivity contribution in [3.8, 4) is 17.2 Å². The molecule has 3 aromatic carbocycles. The number of rotatable bonds is 6. The fourth-order valence-corrected chi connectivity index (χ4v) is 3.65. The molecule has 0 aromatic heterocycles. The smallest absolute Gasteiger partial charge is 0.271 e. The molecule has 0 N–H and O–H groups in total. The van der Waals surface area contributed by atoms with Crippen LogP contribution in [0.1, 0.15) is 17.2 Å². The van der Waals surface area contributed by atoms with Gasteiger partial charge in [0.2, 0.25) is 6.10 Å². The van der Waals surface area contributed by atoms with Gasteiger partial charge in [-0.1, -0.05) is 24.3 Å². The number of methoxy groups -OCH3 is 2. The Kier molecular flexibility index (Phi) is 5.31. The highest BCUT2D eigenvalue weighted by molar-refractivity contribution is 6.05. The molecular formula is C24H22FNO4. The fraction of sp³-hybridized carbons (Fsp3) is 0.208. The average molecular weight is 407 g/mol. The number of amides is 1. The molecule has 1 aliphatic heterocycles. The number of halogens is 1. The summed E-state index contributed by atoms with van der Waals surface area (Å²) >= 11 is 0. The Hall–Kier alpha value is -3.54. The van der Waals surface area contributed by atoms with Gasteiger partial charge in [-0.2, -0.15) is 0 Å². The van der Waals surface area contributed by atoms with E-state index in [1.807, 2.05) is 43.3 Å². The monoisotopic (exact) mass is 407 g/mol. The van der Waals surface area contributed by atoms with Crippen LogP contribution in [0.25, 0.3) is 0 Å². The van der Waals surface area contributed by atoms with E-state index in [1.54, 1.807) is 37.3 Å². The highest BCUT2D eigenvalue weighted by Gasteiger charge is 2.51. The van der Waals surface area contributed by atoms with Crippen LogP contribution in [0.3, 0.4) is 0 Å². The van der Waals surface area contributed by atoms with Crippen molar-refractivity contribution in [1.82, 2.24) is 0 Å². The lowest BCUT2D eigenvalue weighted by Gasteiger charge is -2.46. The number of carbonyl (C=O) groups is 1. The number of benzene rings is 3. The maximum atomic E-state index is 13.4. The highest BCUT2D eigenvalue weighted by atomic mass is 19.1. The van der Waals surface area contributed by atoms with Crippen LogP contribution in [0.2, 0.25) is 0 Å². The Balaban J connectivity index is 1.74.